The molecule has 0 aliphatic carbocycles. The number of aromatic nitrogens is 2. The summed E-state index contributed by atoms with van der Waals surface area (Å²) in [5.41, 5.74) is 2.11. The molecule has 2 aromatic rings. The van der Waals surface area contributed by atoms with Crippen molar-refractivity contribution in [1.29, 1.82) is 0 Å². The Morgan fingerprint density at radius 2 is 1.89 bits per heavy atom. The summed E-state index contributed by atoms with van der Waals surface area (Å²) in [6.45, 7) is 5.04. The van der Waals surface area contributed by atoms with E-state index in [1.807, 2.05) is 24.3 Å². The number of hydrogen-bond acceptors (Lipinski definition) is 6. The van der Waals surface area contributed by atoms with E-state index in [0.717, 1.165) is 5.56 Å². The monoisotopic (exact) mass is 374 g/mol. The van der Waals surface area contributed by atoms with Gasteiger partial charge in [-0.05, 0) is 11.5 Å². The van der Waals surface area contributed by atoms with Gasteiger partial charge in [0, 0.05) is 32.1 Å². The molecule has 2 amide bonds. The molecule has 1 heterocycles. The minimum atomic E-state index is -0.259. The molecular formula is C19H26N4O4. The maximum absolute atomic E-state index is 11.8. The maximum Gasteiger partial charge on any atom is 0.239 e. The van der Waals surface area contributed by atoms with Gasteiger partial charge < -0.3 is 19.9 Å². The van der Waals surface area contributed by atoms with Crippen molar-refractivity contribution in [2.45, 2.75) is 32.6 Å². The molecule has 0 saturated heterocycles. The van der Waals surface area contributed by atoms with Gasteiger partial charge >= 0.3 is 0 Å². The van der Waals surface area contributed by atoms with E-state index < -0.39 is 0 Å². The van der Waals surface area contributed by atoms with Gasteiger partial charge in [-0.3, -0.25) is 9.59 Å². The highest BCUT2D eigenvalue weighted by Crippen LogP contribution is 2.20. The minimum absolute atomic E-state index is 0.0696. The molecule has 0 aliphatic rings. The van der Waals surface area contributed by atoms with Crippen LogP contribution >= 0.6 is 0 Å². The lowest BCUT2D eigenvalue weighted by atomic mass is 10.0. The van der Waals surface area contributed by atoms with Crippen LogP contribution in [0.2, 0.25) is 0 Å². The number of hydrogen-bond donors (Lipinski definition) is 2. The standard InChI is InChI=1S/C19H26N4O4/c1-13(2)14-4-6-15(7-5-14)19-22-18(27-23-19)9-8-16(24)21-12-17(25)20-10-11-26-3/h4-7,13H,8-12H2,1-3H3,(H,20,25)(H,21,24). The van der Waals surface area contributed by atoms with Crippen molar-refractivity contribution in [3.05, 3.63) is 35.7 Å². The van der Waals surface area contributed by atoms with Gasteiger partial charge in [-0.2, -0.15) is 4.98 Å². The second-order valence-electron chi connectivity index (χ2n) is 6.41. The smallest absolute Gasteiger partial charge is 0.239 e. The molecule has 0 spiro atoms. The lowest BCUT2D eigenvalue weighted by Crippen LogP contribution is -2.38. The van der Waals surface area contributed by atoms with Crippen LogP contribution in [0.5, 0.6) is 0 Å². The Morgan fingerprint density at radius 3 is 2.56 bits per heavy atom. The number of rotatable bonds is 10. The zero-order valence-electron chi connectivity index (χ0n) is 15.9. The summed E-state index contributed by atoms with van der Waals surface area (Å²) in [6, 6.07) is 8.00. The van der Waals surface area contributed by atoms with Crippen molar-refractivity contribution in [1.82, 2.24) is 20.8 Å². The first-order valence-electron chi connectivity index (χ1n) is 8.95. The number of nitrogens with one attached hydrogen (secondary N) is 2. The molecule has 2 rings (SSSR count). The van der Waals surface area contributed by atoms with Crippen molar-refractivity contribution in [2.24, 2.45) is 0 Å². The van der Waals surface area contributed by atoms with E-state index in [2.05, 4.69) is 34.6 Å². The number of methoxy groups -OCH3 is 1. The summed E-state index contributed by atoms with van der Waals surface area (Å²) < 4.78 is 10.0. The number of ether oxygens (including phenoxy) is 1. The van der Waals surface area contributed by atoms with E-state index in [1.165, 1.54) is 5.56 Å². The van der Waals surface area contributed by atoms with E-state index in [-0.39, 0.29) is 24.8 Å². The van der Waals surface area contributed by atoms with Crippen LogP contribution in [0.4, 0.5) is 0 Å². The number of carbonyl (C=O) groups excluding carboxylic acids is 2. The van der Waals surface area contributed by atoms with E-state index in [0.29, 0.717) is 37.2 Å². The zero-order chi connectivity index (χ0) is 19.6. The van der Waals surface area contributed by atoms with E-state index >= 15 is 0 Å². The second kappa shape index (κ2) is 10.4. The van der Waals surface area contributed by atoms with Crippen LogP contribution in [-0.2, 0) is 20.7 Å². The van der Waals surface area contributed by atoms with Crippen molar-refractivity contribution >= 4 is 11.8 Å². The zero-order valence-corrected chi connectivity index (χ0v) is 15.9. The SMILES string of the molecule is COCCNC(=O)CNC(=O)CCc1nc(-c2ccc(C(C)C)cc2)no1. The third-order valence-corrected chi connectivity index (χ3v) is 3.94. The van der Waals surface area contributed by atoms with Gasteiger partial charge in [0.1, 0.15) is 0 Å². The van der Waals surface area contributed by atoms with E-state index in [9.17, 15) is 9.59 Å². The van der Waals surface area contributed by atoms with Crippen LogP contribution in [0.15, 0.2) is 28.8 Å². The average molecular weight is 374 g/mol. The predicted molar refractivity (Wildman–Crippen MR) is 100 cm³/mol. The van der Waals surface area contributed by atoms with Crippen LogP contribution in [-0.4, -0.2) is 48.8 Å². The molecular weight excluding hydrogens is 348 g/mol. The molecule has 27 heavy (non-hydrogen) atoms. The maximum atomic E-state index is 11.8. The van der Waals surface area contributed by atoms with Crippen molar-refractivity contribution in [3.8, 4) is 11.4 Å². The summed E-state index contributed by atoms with van der Waals surface area (Å²) in [6.07, 6.45) is 0.480. The third kappa shape index (κ3) is 6.82. The van der Waals surface area contributed by atoms with Gasteiger partial charge in [0.05, 0.1) is 13.2 Å². The molecule has 0 bridgehead atoms. The Hall–Kier alpha value is -2.74. The Morgan fingerprint density at radius 1 is 1.15 bits per heavy atom. The molecule has 146 valence electrons. The van der Waals surface area contributed by atoms with Crippen LogP contribution in [0.1, 0.15) is 37.6 Å². The summed E-state index contributed by atoms with van der Waals surface area (Å²) in [4.78, 5) is 27.6. The molecule has 0 radical (unpaired) electrons. The van der Waals surface area contributed by atoms with Gasteiger partial charge in [0.25, 0.3) is 0 Å². The van der Waals surface area contributed by atoms with Crippen molar-refractivity contribution in [3.63, 3.8) is 0 Å². The van der Waals surface area contributed by atoms with E-state index in [4.69, 9.17) is 9.26 Å². The summed E-state index contributed by atoms with van der Waals surface area (Å²) in [7, 11) is 1.55. The number of carbonyl (C=O) groups is 2. The Balaban J connectivity index is 1.77. The lowest BCUT2D eigenvalue weighted by molar-refractivity contribution is -0.126. The minimum Gasteiger partial charge on any atom is -0.383 e. The van der Waals surface area contributed by atoms with Crippen molar-refractivity contribution in [2.75, 3.05) is 26.8 Å². The third-order valence-electron chi connectivity index (χ3n) is 3.94. The highest BCUT2D eigenvalue weighted by atomic mass is 16.5. The van der Waals surface area contributed by atoms with Crippen LogP contribution < -0.4 is 10.6 Å². The number of aryl methyl sites for hydroxylation is 1. The lowest BCUT2D eigenvalue weighted by Gasteiger charge is -2.05. The average Bonchev–Trinajstić information content (AvgIpc) is 3.14. The van der Waals surface area contributed by atoms with Gasteiger partial charge in [-0.25, -0.2) is 0 Å². The quantitative estimate of drug-likeness (QED) is 0.613. The van der Waals surface area contributed by atoms with Crippen LogP contribution in [0, 0.1) is 0 Å². The highest BCUT2D eigenvalue weighted by Gasteiger charge is 2.12. The summed E-state index contributed by atoms with van der Waals surface area (Å²) >= 11 is 0. The van der Waals surface area contributed by atoms with Gasteiger partial charge in [0.2, 0.25) is 23.5 Å². The fourth-order valence-corrected chi connectivity index (χ4v) is 2.33. The summed E-state index contributed by atoms with van der Waals surface area (Å²) in [5, 5.41) is 9.14. The Kier molecular flexibility index (Phi) is 7.94. The highest BCUT2D eigenvalue weighted by molar-refractivity contribution is 5.84. The fourth-order valence-electron chi connectivity index (χ4n) is 2.33. The van der Waals surface area contributed by atoms with Crippen molar-refractivity contribution < 1.29 is 18.8 Å². The Bertz CT molecular complexity index is 740. The number of nitrogens with zero attached hydrogens (tertiary/aromatic N) is 2. The number of amides is 2. The van der Waals surface area contributed by atoms with Gasteiger partial charge in [-0.1, -0.05) is 43.3 Å². The summed E-state index contributed by atoms with van der Waals surface area (Å²) in [5.74, 6) is 0.833. The normalized spacial score (nSPS) is 10.8. The molecule has 1 aromatic carbocycles. The number of benzene rings is 1. The molecule has 2 N–H and O–H groups in total. The van der Waals surface area contributed by atoms with Gasteiger partial charge in [-0.15, -0.1) is 0 Å². The van der Waals surface area contributed by atoms with Crippen LogP contribution in [0.3, 0.4) is 0 Å². The topological polar surface area (TPSA) is 106 Å². The molecule has 0 aliphatic heterocycles. The predicted octanol–water partition coefficient (Wildman–Crippen LogP) is 1.67. The first-order valence-corrected chi connectivity index (χ1v) is 8.95. The molecule has 0 unspecified atom stereocenters. The first-order chi connectivity index (χ1) is 13.0. The molecule has 0 atom stereocenters. The fraction of sp³-hybridized carbons (Fsp3) is 0.474. The molecule has 0 fully saturated rings. The largest absolute Gasteiger partial charge is 0.383 e. The molecule has 0 saturated carbocycles. The van der Waals surface area contributed by atoms with Crippen LogP contribution in [0.25, 0.3) is 11.4 Å². The first kappa shape index (κ1) is 20.6. The second-order valence-corrected chi connectivity index (χ2v) is 6.41. The Labute approximate surface area is 158 Å². The molecule has 1 aromatic heterocycles. The molecule has 8 heteroatoms. The molecule has 8 nitrogen and oxygen atoms in total. The van der Waals surface area contributed by atoms with Gasteiger partial charge in [0.15, 0.2) is 0 Å². The van der Waals surface area contributed by atoms with E-state index in [1.54, 1.807) is 7.11 Å².